The van der Waals surface area contributed by atoms with E-state index in [1.54, 1.807) is 30.6 Å². The molecule has 22 heavy (non-hydrogen) atoms. The fourth-order valence-corrected chi connectivity index (χ4v) is 2.72. The van der Waals surface area contributed by atoms with E-state index >= 15 is 0 Å². The number of methoxy groups -OCH3 is 1. The van der Waals surface area contributed by atoms with Gasteiger partial charge in [-0.15, -0.1) is 11.3 Å². The van der Waals surface area contributed by atoms with Crippen LogP contribution in [-0.2, 0) is 17.9 Å². The van der Waals surface area contributed by atoms with Crippen LogP contribution in [0.15, 0.2) is 29.6 Å². The van der Waals surface area contributed by atoms with Gasteiger partial charge in [-0.2, -0.15) is 0 Å². The maximum Gasteiger partial charge on any atom is 0.337 e. The topological polar surface area (TPSA) is 79.7 Å². The van der Waals surface area contributed by atoms with E-state index in [-0.39, 0.29) is 12.5 Å². The molecule has 0 aliphatic carbocycles. The molecule has 1 aromatic carbocycles. The van der Waals surface area contributed by atoms with Crippen molar-refractivity contribution in [2.75, 3.05) is 14.2 Å². The Hall–Kier alpha value is -2.25. The van der Waals surface area contributed by atoms with Crippen LogP contribution >= 0.6 is 11.3 Å². The van der Waals surface area contributed by atoms with E-state index in [4.69, 9.17) is 5.11 Å². The van der Waals surface area contributed by atoms with Crippen molar-refractivity contribution in [3.8, 4) is 0 Å². The van der Waals surface area contributed by atoms with Gasteiger partial charge in [0.1, 0.15) is 5.01 Å². The Bertz CT molecular complexity index is 684. The molecule has 1 aromatic heterocycles. The highest BCUT2D eigenvalue weighted by Crippen LogP contribution is 2.14. The van der Waals surface area contributed by atoms with Crippen molar-refractivity contribution in [3.05, 3.63) is 51.5 Å². The summed E-state index contributed by atoms with van der Waals surface area (Å²) in [4.78, 5) is 29.6. The summed E-state index contributed by atoms with van der Waals surface area (Å²) in [5.41, 5.74) is 1.33. The van der Waals surface area contributed by atoms with Crippen LogP contribution in [0.25, 0.3) is 0 Å². The number of aliphatic hydroxyl groups is 1. The van der Waals surface area contributed by atoms with Gasteiger partial charge in [0, 0.05) is 18.0 Å². The number of nitrogens with zero attached hydrogens (tertiary/aromatic N) is 2. The molecule has 6 nitrogen and oxygen atoms in total. The molecule has 0 saturated carbocycles. The van der Waals surface area contributed by atoms with E-state index in [1.165, 1.54) is 29.4 Å². The van der Waals surface area contributed by atoms with Crippen LogP contribution in [0.1, 0.15) is 31.4 Å². The van der Waals surface area contributed by atoms with Crippen molar-refractivity contribution in [3.63, 3.8) is 0 Å². The Morgan fingerprint density at radius 2 is 2.09 bits per heavy atom. The summed E-state index contributed by atoms with van der Waals surface area (Å²) >= 11 is 1.39. The summed E-state index contributed by atoms with van der Waals surface area (Å²) in [6.07, 6.45) is 0. The smallest absolute Gasteiger partial charge is 0.337 e. The Morgan fingerprint density at radius 3 is 2.73 bits per heavy atom. The molecule has 0 atom stereocenters. The summed E-state index contributed by atoms with van der Waals surface area (Å²) in [7, 11) is 2.96. The molecular formula is C15H16N2O4S. The van der Waals surface area contributed by atoms with E-state index in [0.29, 0.717) is 23.4 Å². The number of benzene rings is 1. The highest BCUT2D eigenvalue weighted by molar-refractivity contribution is 7.09. The molecule has 0 fully saturated rings. The molecule has 0 unspecified atom stereocenters. The van der Waals surface area contributed by atoms with E-state index in [9.17, 15) is 9.59 Å². The number of carbonyl (C=O) groups excluding carboxylic acids is 2. The number of hydrogen-bond acceptors (Lipinski definition) is 6. The van der Waals surface area contributed by atoms with E-state index < -0.39 is 5.97 Å². The summed E-state index contributed by atoms with van der Waals surface area (Å²) in [6, 6.07) is 6.38. The number of ether oxygens (including phenoxy) is 1. The first-order chi connectivity index (χ1) is 10.5. The molecular weight excluding hydrogens is 304 g/mol. The maximum absolute atomic E-state index is 12.4. The largest absolute Gasteiger partial charge is 0.465 e. The quantitative estimate of drug-likeness (QED) is 0.848. The number of amides is 1. The minimum Gasteiger partial charge on any atom is -0.465 e. The first-order valence-corrected chi connectivity index (χ1v) is 7.41. The minimum absolute atomic E-state index is 0.116. The molecule has 116 valence electrons. The SMILES string of the molecule is COC(=O)c1cccc(C(=O)N(C)Cc2nc(CO)cs2)c1. The van der Waals surface area contributed by atoms with Crippen LogP contribution in [0.2, 0.25) is 0 Å². The molecule has 1 N–H and O–H groups in total. The van der Waals surface area contributed by atoms with Crippen LogP contribution in [0.3, 0.4) is 0 Å². The lowest BCUT2D eigenvalue weighted by molar-refractivity contribution is 0.0600. The third-order valence-electron chi connectivity index (χ3n) is 3.01. The van der Waals surface area contributed by atoms with Crippen molar-refractivity contribution >= 4 is 23.2 Å². The number of hydrogen-bond donors (Lipinski definition) is 1. The molecule has 2 rings (SSSR count). The van der Waals surface area contributed by atoms with Crippen molar-refractivity contribution < 1.29 is 19.4 Å². The normalized spacial score (nSPS) is 10.3. The zero-order valence-corrected chi connectivity index (χ0v) is 13.1. The lowest BCUT2D eigenvalue weighted by atomic mass is 10.1. The fourth-order valence-electron chi connectivity index (χ4n) is 1.89. The predicted octanol–water partition coefficient (Wildman–Crippen LogP) is 1.69. The number of thiazole rings is 1. The molecule has 0 radical (unpaired) electrons. The number of esters is 1. The lowest BCUT2D eigenvalue weighted by Crippen LogP contribution is -2.26. The Kier molecular flexibility index (Phi) is 5.24. The van der Waals surface area contributed by atoms with Crippen LogP contribution < -0.4 is 0 Å². The zero-order valence-electron chi connectivity index (χ0n) is 12.3. The predicted molar refractivity (Wildman–Crippen MR) is 81.6 cm³/mol. The van der Waals surface area contributed by atoms with E-state index in [2.05, 4.69) is 9.72 Å². The van der Waals surface area contributed by atoms with Crippen molar-refractivity contribution in [2.24, 2.45) is 0 Å². The zero-order chi connectivity index (χ0) is 16.1. The van der Waals surface area contributed by atoms with E-state index in [0.717, 1.165) is 5.01 Å². The van der Waals surface area contributed by atoms with Gasteiger partial charge in [0.2, 0.25) is 0 Å². The van der Waals surface area contributed by atoms with Gasteiger partial charge in [-0.05, 0) is 18.2 Å². The molecule has 2 aromatic rings. The van der Waals surface area contributed by atoms with Crippen molar-refractivity contribution in [1.82, 2.24) is 9.88 Å². The first kappa shape index (κ1) is 16.1. The van der Waals surface area contributed by atoms with Crippen LogP contribution in [0.5, 0.6) is 0 Å². The molecule has 0 bridgehead atoms. The lowest BCUT2D eigenvalue weighted by Gasteiger charge is -2.16. The highest BCUT2D eigenvalue weighted by Gasteiger charge is 2.16. The van der Waals surface area contributed by atoms with Gasteiger partial charge in [-0.3, -0.25) is 4.79 Å². The molecule has 0 aliphatic rings. The molecule has 0 aliphatic heterocycles. The van der Waals surface area contributed by atoms with Gasteiger partial charge in [-0.25, -0.2) is 9.78 Å². The molecule has 1 amide bonds. The van der Waals surface area contributed by atoms with Crippen molar-refractivity contribution in [1.29, 1.82) is 0 Å². The summed E-state index contributed by atoms with van der Waals surface area (Å²) in [6.45, 7) is 0.223. The summed E-state index contributed by atoms with van der Waals surface area (Å²) in [5.74, 6) is -0.698. The number of rotatable bonds is 5. The third-order valence-corrected chi connectivity index (χ3v) is 3.89. The highest BCUT2D eigenvalue weighted by atomic mass is 32.1. The number of aliphatic hydroxyl groups excluding tert-OH is 1. The van der Waals surface area contributed by atoms with Gasteiger partial charge in [0.25, 0.3) is 5.91 Å². The van der Waals surface area contributed by atoms with Gasteiger partial charge in [-0.1, -0.05) is 6.07 Å². The Balaban J connectivity index is 2.11. The fraction of sp³-hybridized carbons (Fsp3) is 0.267. The maximum atomic E-state index is 12.4. The number of aromatic nitrogens is 1. The monoisotopic (exact) mass is 320 g/mol. The second-order valence-electron chi connectivity index (χ2n) is 4.62. The second kappa shape index (κ2) is 7.15. The average molecular weight is 320 g/mol. The summed E-state index contributed by atoms with van der Waals surface area (Å²) in [5, 5.41) is 11.5. The Labute approximate surface area is 132 Å². The average Bonchev–Trinajstić information content (AvgIpc) is 3.01. The van der Waals surface area contributed by atoms with Crippen LogP contribution in [0.4, 0.5) is 0 Å². The minimum atomic E-state index is -0.482. The van der Waals surface area contributed by atoms with Crippen LogP contribution in [0, 0.1) is 0 Å². The first-order valence-electron chi connectivity index (χ1n) is 6.53. The standard InChI is InChI=1S/C15H16N2O4S/c1-17(7-13-16-12(8-18)9-22-13)14(19)10-4-3-5-11(6-10)15(20)21-2/h3-6,9,18H,7-8H2,1-2H3. The Morgan fingerprint density at radius 1 is 1.36 bits per heavy atom. The second-order valence-corrected chi connectivity index (χ2v) is 5.57. The molecule has 7 heteroatoms. The molecule has 1 heterocycles. The molecule has 0 spiro atoms. The number of carbonyl (C=O) groups is 2. The summed E-state index contributed by atoms with van der Waals surface area (Å²) < 4.78 is 4.65. The van der Waals surface area contributed by atoms with Gasteiger partial charge in [0.15, 0.2) is 0 Å². The van der Waals surface area contributed by atoms with Gasteiger partial charge in [0.05, 0.1) is 31.5 Å². The van der Waals surface area contributed by atoms with Gasteiger partial charge < -0.3 is 14.7 Å². The third kappa shape index (κ3) is 3.69. The molecule has 0 saturated heterocycles. The van der Waals surface area contributed by atoms with Crippen molar-refractivity contribution in [2.45, 2.75) is 13.2 Å². The van der Waals surface area contributed by atoms with Gasteiger partial charge >= 0.3 is 5.97 Å². The van der Waals surface area contributed by atoms with Crippen LogP contribution in [-0.4, -0.2) is 41.0 Å². The van der Waals surface area contributed by atoms with E-state index in [1.807, 2.05) is 0 Å².